The fraction of sp³-hybridized carbons (Fsp3) is 0.462. The zero-order chi connectivity index (χ0) is 13.7. The van der Waals surface area contributed by atoms with E-state index in [9.17, 15) is 4.79 Å². The van der Waals surface area contributed by atoms with Crippen LogP contribution in [0.25, 0.3) is 0 Å². The number of nitrogen functional groups attached to an aromatic ring is 1. The van der Waals surface area contributed by atoms with Crippen LogP contribution >= 0.6 is 23.2 Å². The van der Waals surface area contributed by atoms with Gasteiger partial charge in [0.05, 0.1) is 15.7 Å². The Morgan fingerprint density at radius 1 is 1.39 bits per heavy atom. The molecule has 1 rings (SSSR count). The van der Waals surface area contributed by atoms with E-state index < -0.39 is 0 Å². The number of halogens is 2. The lowest BCUT2D eigenvalue weighted by Gasteiger charge is -2.11. The number of hydrogen-bond donors (Lipinski definition) is 2. The normalized spacial score (nSPS) is 12.2. The van der Waals surface area contributed by atoms with Gasteiger partial charge in [0.1, 0.15) is 0 Å². The zero-order valence-corrected chi connectivity index (χ0v) is 12.1. The molecule has 0 fully saturated rings. The average Bonchev–Trinajstić information content (AvgIpc) is 2.25. The van der Waals surface area contributed by atoms with E-state index in [4.69, 9.17) is 28.9 Å². The summed E-state index contributed by atoms with van der Waals surface area (Å²) in [7, 11) is 0. The van der Waals surface area contributed by atoms with Gasteiger partial charge in [-0.15, -0.1) is 0 Å². The summed E-state index contributed by atoms with van der Waals surface area (Å²) in [6.45, 7) is 4.17. The van der Waals surface area contributed by atoms with Crippen LogP contribution in [0.2, 0.25) is 10.0 Å². The fourth-order valence-corrected chi connectivity index (χ4v) is 2.27. The number of hydrogen-bond acceptors (Lipinski definition) is 2. The van der Waals surface area contributed by atoms with E-state index >= 15 is 0 Å². The third-order valence-corrected chi connectivity index (χ3v) is 3.30. The first-order valence-electron chi connectivity index (χ1n) is 5.98. The summed E-state index contributed by atoms with van der Waals surface area (Å²) < 4.78 is 0. The Bertz CT molecular complexity index is 412. The number of amides is 1. The van der Waals surface area contributed by atoms with Crippen molar-refractivity contribution in [1.29, 1.82) is 0 Å². The highest BCUT2D eigenvalue weighted by Gasteiger charge is 2.10. The van der Waals surface area contributed by atoms with Gasteiger partial charge in [0.25, 0.3) is 0 Å². The van der Waals surface area contributed by atoms with Crippen LogP contribution in [0.1, 0.15) is 33.1 Å². The average molecular weight is 289 g/mol. The molecule has 0 bridgehead atoms. The number of carbonyl (C=O) groups excluding carboxylic acids is 1. The second-order valence-corrected chi connectivity index (χ2v) is 5.31. The Morgan fingerprint density at radius 2 is 1.94 bits per heavy atom. The molecule has 0 spiro atoms. The number of rotatable bonds is 5. The lowest BCUT2D eigenvalue weighted by Crippen LogP contribution is -2.15. The summed E-state index contributed by atoms with van der Waals surface area (Å²) in [4.78, 5) is 11.8. The van der Waals surface area contributed by atoms with Gasteiger partial charge in [0.2, 0.25) is 5.91 Å². The summed E-state index contributed by atoms with van der Waals surface area (Å²) in [6.07, 6.45) is 2.61. The molecule has 18 heavy (non-hydrogen) atoms. The molecular weight excluding hydrogens is 271 g/mol. The molecule has 0 saturated carbocycles. The monoisotopic (exact) mass is 288 g/mol. The van der Waals surface area contributed by atoms with Crippen LogP contribution in [0.15, 0.2) is 12.1 Å². The molecule has 0 aliphatic rings. The Hall–Kier alpha value is -0.930. The van der Waals surface area contributed by atoms with E-state index in [1.807, 2.05) is 0 Å². The van der Waals surface area contributed by atoms with Crippen molar-refractivity contribution in [3.63, 3.8) is 0 Å². The number of nitrogens with one attached hydrogen (secondary N) is 1. The molecule has 1 atom stereocenters. The summed E-state index contributed by atoms with van der Waals surface area (Å²) >= 11 is 11.8. The van der Waals surface area contributed by atoms with Crippen molar-refractivity contribution in [2.24, 2.45) is 5.92 Å². The van der Waals surface area contributed by atoms with Crippen LogP contribution < -0.4 is 11.1 Å². The van der Waals surface area contributed by atoms with Gasteiger partial charge < -0.3 is 11.1 Å². The predicted molar refractivity (Wildman–Crippen MR) is 78.2 cm³/mol. The summed E-state index contributed by atoms with van der Waals surface area (Å²) in [5, 5.41) is 3.47. The minimum Gasteiger partial charge on any atom is -0.396 e. The number of anilines is 2. The molecule has 0 saturated heterocycles. The van der Waals surface area contributed by atoms with E-state index in [0.717, 1.165) is 12.8 Å². The maximum absolute atomic E-state index is 11.8. The van der Waals surface area contributed by atoms with Crippen molar-refractivity contribution in [2.45, 2.75) is 33.1 Å². The molecule has 3 nitrogen and oxygen atoms in total. The topological polar surface area (TPSA) is 55.1 Å². The standard InChI is InChI=1S/C13H18Cl2N2O/c1-3-4-8(2)5-12(18)17-9-6-10(14)13(16)11(15)7-9/h6-8H,3-5,16H2,1-2H3,(H,17,18). The van der Waals surface area contributed by atoms with Crippen LogP contribution in [0.3, 0.4) is 0 Å². The SMILES string of the molecule is CCCC(C)CC(=O)Nc1cc(Cl)c(N)c(Cl)c1. The Labute approximate surface area is 118 Å². The van der Waals surface area contributed by atoms with E-state index in [1.54, 1.807) is 12.1 Å². The predicted octanol–water partition coefficient (Wildman–Crippen LogP) is 4.34. The molecular formula is C13H18Cl2N2O. The van der Waals surface area contributed by atoms with Gasteiger partial charge in [0.15, 0.2) is 0 Å². The summed E-state index contributed by atoms with van der Waals surface area (Å²) in [6, 6.07) is 3.20. The van der Waals surface area contributed by atoms with E-state index in [1.165, 1.54) is 0 Å². The van der Waals surface area contributed by atoms with Gasteiger partial charge in [-0.3, -0.25) is 4.79 Å². The van der Waals surface area contributed by atoms with Gasteiger partial charge >= 0.3 is 0 Å². The Morgan fingerprint density at radius 3 is 2.44 bits per heavy atom. The molecule has 100 valence electrons. The second-order valence-electron chi connectivity index (χ2n) is 4.50. The molecule has 1 aromatic carbocycles. The van der Waals surface area contributed by atoms with E-state index in [0.29, 0.717) is 33.8 Å². The number of nitrogens with two attached hydrogens (primary N) is 1. The van der Waals surface area contributed by atoms with Crippen LogP contribution in [0.5, 0.6) is 0 Å². The molecule has 5 heteroatoms. The second kappa shape index (κ2) is 6.86. The maximum Gasteiger partial charge on any atom is 0.224 e. The largest absolute Gasteiger partial charge is 0.396 e. The molecule has 0 aliphatic heterocycles. The molecule has 0 heterocycles. The third-order valence-electron chi connectivity index (χ3n) is 2.68. The first-order valence-corrected chi connectivity index (χ1v) is 6.74. The molecule has 0 radical (unpaired) electrons. The summed E-state index contributed by atoms with van der Waals surface area (Å²) in [5.41, 5.74) is 6.53. The smallest absolute Gasteiger partial charge is 0.224 e. The van der Waals surface area contributed by atoms with Crippen molar-refractivity contribution in [3.05, 3.63) is 22.2 Å². The molecule has 0 aromatic heterocycles. The quantitative estimate of drug-likeness (QED) is 0.792. The van der Waals surface area contributed by atoms with E-state index in [-0.39, 0.29) is 5.91 Å². The maximum atomic E-state index is 11.8. The molecule has 3 N–H and O–H groups in total. The first kappa shape index (κ1) is 15.1. The van der Waals surface area contributed by atoms with Crippen molar-refractivity contribution < 1.29 is 4.79 Å². The van der Waals surface area contributed by atoms with Crippen molar-refractivity contribution >= 4 is 40.5 Å². The number of carbonyl (C=O) groups is 1. The van der Waals surface area contributed by atoms with Gasteiger partial charge in [-0.1, -0.05) is 49.9 Å². The lowest BCUT2D eigenvalue weighted by atomic mass is 10.0. The molecule has 0 aliphatic carbocycles. The Balaban J connectivity index is 2.65. The summed E-state index contributed by atoms with van der Waals surface area (Å²) in [5.74, 6) is 0.336. The Kier molecular flexibility index (Phi) is 5.76. The number of benzene rings is 1. The van der Waals surface area contributed by atoms with Crippen molar-refractivity contribution in [1.82, 2.24) is 0 Å². The minimum absolute atomic E-state index is 0.0344. The van der Waals surface area contributed by atoms with Gasteiger partial charge in [-0.2, -0.15) is 0 Å². The third kappa shape index (κ3) is 4.39. The van der Waals surface area contributed by atoms with Crippen molar-refractivity contribution in [3.8, 4) is 0 Å². The highest BCUT2D eigenvalue weighted by atomic mass is 35.5. The van der Waals surface area contributed by atoms with Crippen LogP contribution in [-0.2, 0) is 4.79 Å². The van der Waals surface area contributed by atoms with Gasteiger partial charge in [-0.25, -0.2) is 0 Å². The van der Waals surface area contributed by atoms with Crippen LogP contribution in [0.4, 0.5) is 11.4 Å². The van der Waals surface area contributed by atoms with Gasteiger partial charge in [-0.05, 0) is 18.1 Å². The molecule has 1 aromatic rings. The van der Waals surface area contributed by atoms with E-state index in [2.05, 4.69) is 19.2 Å². The van der Waals surface area contributed by atoms with Gasteiger partial charge in [0, 0.05) is 12.1 Å². The van der Waals surface area contributed by atoms with Crippen LogP contribution in [-0.4, -0.2) is 5.91 Å². The molecule has 1 unspecified atom stereocenters. The molecule has 1 amide bonds. The lowest BCUT2D eigenvalue weighted by molar-refractivity contribution is -0.117. The zero-order valence-electron chi connectivity index (χ0n) is 10.6. The van der Waals surface area contributed by atoms with Crippen molar-refractivity contribution in [2.75, 3.05) is 11.1 Å². The highest BCUT2D eigenvalue weighted by molar-refractivity contribution is 6.39. The fourth-order valence-electron chi connectivity index (χ4n) is 1.78. The minimum atomic E-state index is -0.0344. The highest BCUT2D eigenvalue weighted by Crippen LogP contribution is 2.31. The van der Waals surface area contributed by atoms with Crippen LogP contribution in [0, 0.1) is 5.92 Å². The first-order chi connectivity index (χ1) is 8.43.